The van der Waals surface area contributed by atoms with E-state index < -0.39 is 19.0 Å². The lowest BCUT2D eigenvalue weighted by Crippen LogP contribution is -2.35. The van der Waals surface area contributed by atoms with Crippen LogP contribution in [0.1, 0.15) is 6.92 Å². The van der Waals surface area contributed by atoms with Gasteiger partial charge in [-0.1, -0.05) is 0 Å². The van der Waals surface area contributed by atoms with Crippen molar-refractivity contribution in [2.24, 2.45) is 0 Å². The van der Waals surface area contributed by atoms with E-state index >= 15 is 0 Å². The molecule has 1 aliphatic heterocycles. The number of hydrogen-bond donors (Lipinski definition) is 5. The topological polar surface area (TPSA) is 148 Å². The zero-order valence-electron chi connectivity index (χ0n) is 14.9. The lowest BCUT2D eigenvalue weighted by Gasteiger charge is -2.16. The monoisotopic (exact) mass is 377 g/mol. The Balaban J connectivity index is 2.41. The Hall–Kier alpha value is -2.89. The summed E-state index contributed by atoms with van der Waals surface area (Å²) >= 11 is 0. The Morgan fingerprint density at radius 3 is 2.59 bits per heavy atom. The fourth-order valence-electron chi connectivity index (χ4n) is 2.65. The summed E-state index contributed by atoms with van der Waals surface area (Å²) in [7, 11) is -0.717. The quantitative estimate of drug-likeness (QED) is 0.271. The van der Waals surface area contributed by atoms with Gasteiger partial charge >= 0.3 is 13.1 Å². The van der Waals surface area contributed by atoms with Gasteiger partial charge in [0.15, 0.2) is 0 Å². The minimum Gasteiger partial charge on any atom is -0.466 e. The molecule has 10 nitrogen and oxygen atoms in total. The van der Waals surface area contributed by atoms with E-state index in [1.54, 1.807) is 0 Å². The zero-order valence-corrected chi connectivity index (χ0v) is 14.9. The second-order valence-corrected chi connectivity index (χ2v) is 5.78. The van der Waals surface area contributed by atoms with Gasteiger partial charge in [-0.25, -0.2) is 4.79 Å². The molecule has 11 heteroatoms. The number of amides is 2. The van der Waals surface area contributed by atoms with Crippen LogP contribution < -0.4 is 16.1 Å². The van der Waals surface area contributed by atoms with E-state index in [1.807, 2.05) is 0 Å². The van der Waals surface area contributed by atoms with Crippen LogP contribution in [0.25, 0.3) is 0 Å². The summed E-state index contributed by atoms with van der Waals surface area (Å²) in [6.07, 6.45) is 0. The summed E-state index contributed by atoms with van der Waals surface area (Å²) in [6, 6.07) is 4.26. The van der Waals surface area contributed by atoms with Crippen molar-refractivity contribution in [2.45, 2.75) is 6.92 Å². The van der Waals surface area contributed by atoms with Crippen molar-refractivity contribution >= 4 is 41.7 Å². The molecule has 0 fully saturated rings. The predicted octanol–water partition coefficient (Wildman–Crippen LogP) is -2.00. The van der Waals surface area contributed by atoms with Crippen molar-refractivity contribution < 1.29 is 34.3 Å². The van der Waals surface area contributed by atoms with E-state index in [1.165, 1.54) is 37.1 Å². The number of benzene rings is 1. The van der Waals surface area contributed by atoms with Gasteiger partial charge in [-0.15, -0.1) is 0 Å². The van der Waals surface area contributed by atoms with E-state index in [0.29, 0.717) is 5.69 Å². The molecule has 0 spiro atoms. The Kier molecular flexibility index (Phi) is 6.56. The summed E-state index contributed by atoms with van der Waals surface area (Å²) in [5, 5.41) is 33.6. The largest absolute Gasteiger partial charge is 0.490 e. The molecule has 0 unspecified atom stereocenters. The molecule has 0 saturated heterocycles. The molecule has 2 amide bonds. The number of aliphatic hydroxyl groups excluding tert-OH is 1. The van der Waals surface area contributed by atoms with Crippen LogP contribution >= 0.6 is 0 Å². The normalized spacial score (nSPS) is 13.7. The molecule has 27 heavy (non-hydrogen) atoms. The number of rotatable bonds is 7. The van der Waals surface area contributed by atoms with Crippen molar-refractivity contribution in [3.8, 4) is 0 Å². The zero-order chi connectivity index (χ0) is 20.1. The average Bonchev–Trinajstić information content (AvgIpc) is 2.91. The molecular weight excluding hydrogens is 357 g/mol. The summed E-state index contributed by atoms with van der Waals surface area (Å²) in [5.41, 5.74) is 0.462. The molecule has 0 saturated carbocycles. The van der Waals surface area contributed by atoms with Gasteiger partial charge in [-0.3, -0.25) is 9.59 Å². The van der Waals surface area contributed by atoms with Crippen molar-refractivity contribution in [1.29, 1.82) is 0 Å². The second-order valence-electron chi connectivity index (χ2n) is 5.78. The molecule has 1 heterocycles. The Bertz CT molecular complexity index is 794. The highest BCUT2D eigenvalue weighted by molar-refractivity contribution is 6.60. The minimum atomic E-state index is -1.89. The summed E-state index contributed by atoms with van der Waals surface area (Å²) in [6.45, 7) is 1.01. The van der Waals surface area contributed by atoms with Gasteiger partial charge in [0, 0.05) is 30.3 Å². The number of methoxy groups -OCH3 is 1. The van der Waals surface area contributed by atoms with E-state index in [9.17, 15) is 24.4 Å². The van der Waals surface area contributed by atoms with Gasteiger partial charge in [-0.2, -0.15) is 0 Å². The van der Waals surface area contributed by atoms with Gasteiger partial charge in [-0.05, 0) is 18.2 Å². The fraction of sp³-hybridized carbons (Fsp3) is 0.312. The highest BCUT2D eigenvalue weighted by atomic mass is 16.5. The Morgan fingerprint density at radius 2 is 2.04 bits per heavy atom. The molecule has 144 valence electrons. The standard InChI is InChI=1S/C16H20BN3O7/c1-9(22)18-10-3-4-13(12(7-10)17(25)26)19-14-11(16(24)27-2)8-20(5-6-21)15(14)23/h3-4,7,19,21,25-26H,5-6,8H2,1-2H3,(H,18,22). The number of carbonyl (C=O) groups excluding carboxylic acids is 3. The lowest BCUT2D eigenvalue weighted by molar-refractivity contribution is -0.136. The number of anilines is 2. The van der Waals surface area contributed by atoms with Crippen LogP contribution in [0.3, 0.4) is 0 Å². The van der Waals surface area contributed by atoms with E-state index in [4.69, 9.17) is 9.84 Å². The van der Waals surface area contributed by atoms with Crippen LogP contribution in [-0.4, -0.2) is 71.8 Å². The second kappa shape index (κ2) is 8.67. The molecule has 0 bridgehead atoms. The minimum absolute atomic E-state index is 0.00799. The molecular formula is C16H20BN3O7. The smallest absolute Gasteiger partial charge is 0.466 e. The molecule has 0 radical (unpaired) electrons. The first-order valence-corrected chi connectivity index (χ1v) is 8.04. The Labute approximate surface area is 155 Å². The van der Waals surface area contributed by atoms with Crippen molar-refractivity contribution in [1.82, 2.24) is 4.90 Å². The maximum atomic E-state index is 12.5. The molecule has 1 aliphatic rings. The highest BCUT2D eigenvalue weighted by Gasteiger charge is 2.35. The van der Waals surface area contributed by atoms with Crippen LogP contribution in [0, 0.1) is 0 Å². The van der Waals surface area contributed by atoms with Crippen LogP contribution in [0.4, 0.5) is 11.4 Å². The SMILES string of the molecule is COC(=O)C1=C(Nc2ccc(NC(C)=O)cc2B(O)O)C(=O)N(CCO)C1. The van der Waals surface area contributed by atoms with Crippen molar-refractivity contribution in [3.63, 3.8) is 0 Å². The lowest BCUT2D eigenvalue weighted by atomic mass is 9.78. The number of ether oxygens (including phenoxy) is 1. The summed E-state index contributed by atoms with van der Waals surface area (Å²) in [5.74, 6) is -1.59. The molecule has 0 atom stereocenters. The third-order valence-corrected chi connectivity index (χ3v) is 3.86. The maximum absolute atomic E-state index is 12.5. The van der Waals surface area contributed by atoms with Gasteiger partial charge in [0.05, 0.1) is 25.8 Å². The van der Waals surface area contributed by atoms with Gasteiger partial charge in [0.2, 0.25) is 5.91 Å². The molecule has 5 N–H and O–H groups in total. The van der Waals surface area contributed by atoms with Crippen LogP contribution in [0.5, 0.6) is 0 Å². The Morgan fingerprint density at radius 1 is 1.33 bits per heavy atom. The number of nitrogens with zero attached hydrogens (tertiary/aromatic N) is 1. The van der Waals surface area contributed by atoms with Crippen molar-refractivity contribution in [2.75, 3.05) is 37.4 Å². The molecule has 1 aromatic carbocycles. The third-order valence-electron chi connectivity index (χ3n) is 3.86. The van der Waals surface area contributed by atoms with Crippen LogP contribution in [-0.2, 0) is 19.1 Å². The van der Waals surface area contributed by atoms with Crippen LogP contribution in [0.15, 0.2) is 29.5 Å². The highest BCUT2D eigenvalue weighted by Crippen LogP contribution is 2.23. The third kappa shape index (κ3) is 4.64. The van der Waals surface area contributed by atoms with E-state index in [0.717, 1.165) is 0 Å². The first kappa shape index (κ1) is 20.4. The first-order chi connectivity index (χ1) is 12.8. The number of carbonyl (C=O) groups is 3. The molecule has 1 aromatic rings. The molecule has 0 aliphatic carbocycles. The van der Waals surface area contributed by atoms with Crippen molar-refractivity contribution in [3.05, 3.63) is 29.5 Å². The number of nitrogens with one attached hydrogen (secondary N) is 2. The molecule has 0 aromatic heterocycles. The fourth-order valence-corrected chi connectivity index (χ4v) is 2.65. The summed E-state index contributed by atoms with van der Waals surface area (Å²) < 4.78 is 4.69. The van der Waals surface area contributed by atoms with E-state index in [2.05, 4.69) is 10.6 Å². The van der Waals surface area contributed by atoms with Gasteiger partial charge < -0.3 is 35.4 Å². The predicted molar refractivity (Wildman–Crippen MR) is 96.9 cm³/mol. The summed E-state index contributed by atoms with van der Waals surface area (Å²) in [4.78, 5) is 37.0. The average molecular weight is 377 g/mol. The number of esters is 1. The van der Waals surface area contributed by atoms with Gasteiger partial charge in [0.25, 0.3) is 5.91 Å². The van der Waals surface area contributed by atoms with Crippen LogP contribution in [0.2, 0.25) is 0 Å². The molecule has 2 rings (SSSR count). The van der Waals surface area contributed by atoms with E-state index in [-0.39, 0.29) is 48.0 Å². The number of β-amino-alcohol motifs (C(OH)–C–C–N with tert-alkyl or cyclic N) is 1. The van der Waals surface area contributed by atoms with Gasteiger partial charge in [0.1, 0.15) is 5.70 Å². The number of hydrogen-bond acceptors (Lipinski definition) is 8. The first-order valence-electron chi connectivity index (χ1n) is 8.04. The number of aliphatic hydroxyl groups is 1. The maximum Gasteiger partial charge on any atom is 0.490 e.